The molecule has 10 heteroatoms. The number of carbonyl (C=O) groups is 2. The first-order valence-corrected chi connectivity index (χ1v) is 14.6. The van der Waals surface area contributed by atoms with Gasteiger partial charge in [0.15, 0.2) is 0 Å². The average molecular weight is 553 g/mol. The van der Waals surface area contributed by atoms with Crippen molar-refractivity contribution in [2.24, 2.45) is 17.4 Å². The highest BCUT2D eigenvalue weighted by Crippen LogP contribution is 2.29. The van der Waals surface area contributed by atoms with Crippen molar-refractivity contribution < 1.29 is 22.7 Å². The van der Waals surface area contributed by atoms with Crippen LogP contribution in [0.15, 0.2) is 78.9 Å². The molecule has 208 valence electrons. The van der Waals surface area contributed by atoms with Gasteiger partial charge in [-0.25, -0.2) is 8.42 Å². The zero-order valence-corrected chi connectivity index (χ0v) is 23.0. The van der Waals surface area contributed by atoms with Crippen molar-refractivity contribution in [3.8, 4) is 5.75 Å². The van der Waals surface area contributed by atoms with E-state index >= 15 is 0 Å². The van der Waals surface area contributed by atoms with E-state index in [1.165, 1.54) is 0 Å². The Morgan fingerprint density at radius 3 is 2.03 bits per heavy atom. The van der Waals surface area contributed by atoms with Crippen LogP contribution >= 0.6 is 0 Å². The second kappa shape index (κ2) is 13.4. The van der Waals surface area contributed by atoms with Crippen molar-refractivity contribution in [3.63, 3.8) is 0 Å². The number of rotatable bonds is 14. The summed E-state index contributed by atoms with van der Waals surface area (Å²) in [5.74, 6) is -2.00. The number of hydrogen-bond donors (Lipinski definition) is 4. The van der Waals surface area contributed by atoms with Crippen LogP contribution in [0.2, 0.25) is 0 Å². The number of nitrogens with two attached hydrogens (primary N) is 2. The van der Waals surface area contributed by atoms with Crippen LogP contribution in [0.25, 0.3) is 0 Å². The molecule has 3 aromatic carbocycles. The molecule has 2 amide bonds. The Kier molecular flexibility index (Phi) is 10.2. The van der Waals surface area contributed by atoms with Gasteiger partial charge in [-0.1, -0.05) is 66.7 Å². The lowest BCUT2D eigenvalue weighted by atomic mass is 9.75. The third kappa shape index (κ3) is 8.38. The van der Waals surface area contributed by atoms with Crippen molar-refractivity contribution >= 4 is 21.8 Å². The highest BCUT2D eigenvalue weighted by atomic mass is 32.2. The number of amides is 2. The minimum Gasteiger partial charge on any atom is -0.494 e. The standard InChI is InChI=1S/C29H36N4O5S/c1-3-38-25-15-13-22(14-16-25)18-29(28(31)35,33-39(2,36)37)26(17-21-7-5-4-6-8-21)27(34)32-20-24-11-9-23(19-30)10-12-24/h4-16,26,33H,3,17-20,30H2,1-2H3,(H2,31,35)(H,32,34)/t26-,29?/m1/s1. The van der Waals surface area contributed by atoms with Crippen LogP contribution in [0, 0.1) is 5.92 Å². The number of hydrogen-bond acceptors (Lipinski definition) is 6. The van der Waals surface area contributed by atoms with E-state index in [9.17, 15) is 18.0 Å². The Morgan fingerprint density at radius 2 is 1.49 bits per heavy atom. The van der Waals surface area contributed by atoms with Crippen LogP contribution in [-0.4, -0.2) is 38.6 Å². The monoisotopic (exact) mass is 552 g/mol. The summed E-state index contributed by atoms with van der Waals surface area (Å²) in [6.07, 6.45) is 0.874. The van der Waals surface area contributed by atoms with Gasteiger partial charge in [0.25, 0.3) is 0 Å². The summed E-state index contributed by atoms with van der Waals surface area (Å²) in [6, 6.07) is 23.4. The summed E-state index contributed by atoms with van der Waals surface area (Å²) in [4.78, 5) is 27.0. The molecule has 0 aliphatic rings. The molecule has 9 nitrogen and oxygen atoms in total. The SMILES string of the molecule is CCOc1ccc(CC(NS(C)(=O)=O)(C(N)=O)[C@H](Cc2ccccc2)C(=O)NCc2ccc(CN)cc2)cc1. The second-order valence-electron chi connectivity index (χ2n) is 9.44. The second-order valence-corrected chi connectivity index (χ2v) is 11.2. The number of sulfonamides is 1. The van der Waals surface area contributed by atoms with Crippen LogP contribution in [0.1, 0.15) is 29.2 Å². The van der Waals surface area contributed by atoms with E-state index in [2.05, 4.69) is 10.0 Å². The maximum Gasteiger partial charge on any atom is 0.239 e. The summed E-state index contributed by atoms with van der Waals surface area (Å²) >= 11 is 0. The Morgan fingerprint density at radius 1 is 0.897 bits per heavy atom. The molecule has 0 bridgehead atoms. The number of nitrogens with one attached hydrogen (secondary N) is 2. The summed E-state index contributed by atoms with van der Waals surface area (Å²) in [5.41, 5.74) is 12.8. The molecule has 0 aliphatic heterocycles. The Balaban J connectivity index is 2.03. The lowest BCUT2D eigenvalue weighted by Crippen LogP contribution is -2.66. The van der Waals surface area contributed by atoms with Gasteiger partial charge in [-0.2, -0.15) is 4.72 Å². The molecule has 0 aromatic heterocycles. The summed E-state index contributed by atoms with van der Waals surface area (Å²) in [6.45, 7) is 2.91. The van der Waals surface area contributed by atoms with Crippen LogP contribution in [0.4, 0.5) is 0 Å². The Labute approximate surface area is 230 Å². The smallest absolute Gasteiger partial charge is 0.239 e. The van der Waals surface area contributed by atoms with Crippen LogP contribution < -0.4 is 26.2 Å². The van der Waals surface area contributed by atoms with Gasteiger partial charge in [0, 0.05) is 19.5 Å². The molecule has 0 spiro atoms. The summed E-state index contributed by atoms with van der Waals surface area (Å²) in [7, 11) is -3.98. The van der Waals surface area contributed by atoms with Crippen molar-refractivity contribution in [1.29, 1.82) is 0 Å². The molecule has 6 N–H and O–H groups in total. The fourth-order valence-corrected chi connectivity index (χ4v) is 5.49. The third-order valence-corrected chi connectivity index (χ3v) is 7.18. The third-order valence-electron chi connectivity index (χ3n) is 6.44. The molecule has 39 heavy (non-hydrogen) atoms. The predicted octanol–water partition coefficient (Wildman–Crippen LogP) is 2.04. The van der Waals surface area contributed by atoms with Crippen molar-refractivity contribution in [2.75, 3.05) is 12.9 Å². The highest BCUT2D eigenvalue weighted by Gasteiger charge is 2.50. The van der Waals surface area contributed by atoms with E-state index in [1.807, 2.05) is 61.5 Å². The number of benzene rings is 3. The van der Waals surface area contributed by atoms with E-state index < -0.39 is 33.3 Å². The van der Waals surface area contributed by atoms with E-state index in [1.54, 1.807) is 24.3 Å². The molecule has 1 unspecified atom stereocenters. The first-order chi connectivity index (χ1) is 18.6. The van der Waals surface area contributed by atoms with Gasteiger partial charge in [0.05, 0.1) is 18.8 Å². The van der Waals surface area contributed by atoms with Gasteiger partial charge in [-0.3, -0.25) is 9.59 Å². The summed E-state index contributed by atoms with van der Waals surface area (Å²) < 4.78 is 33.2. The first kappa shape index (κ1) is 29.8. The van der Waals surface area contributed by atoms with Crippen LogP contribution in [0.5, 0.6) is 5.75 Å². The molecule has 0 saturated carbocycles. The summed E-state index contributed by atoms with van der Waals surface area (Å²) in [5, 5.41) is 2.88. The van der Waals surface area contributed by atoms with Crippen molar-refractivity contribution in [2.45, 2.75) is 38.4 Å². The minimum atomic E-state index is -3.98. The lowest BCUT2D eigenvalue weighted by Gasteiger charge is -2.38. The molecule has 2 atom stereocenters. The largest absolute Gasteiger partial charge is 0.494 e. The van der Waals surface area contributed by atoms with E-state index in [0.717, 1.165) is 22.9 Å². The Bertz CT molecular complexity index is 1350. The highest BCUT2D eigenvalue weighted by molar-refractivity contribution is 7.88. The van der Waals surface area contributed by atoms with Gasteiger partial charge in [-0.15, -0.1) is 0 Å². The lowest BCUT2D eigenvalue weighted by molar-refractivity contribution is -0.135. The maximum absolute atomic E-state index is 13.8. The van der Waals surface area contributed by atoms with Gasteiger partial charge in [-0.05, 0) is 47.7 Å². The van der Waals surface area contributed by atoms with Crippen molar-refractivity contribution in [3.05, 3.63) is 101 Å². The molecule has 0 aliphatic carbocycles. The Hall–Kier alpha value is -3.73. The molecular weight excluding hydrogens is 516 g/mol. The average Bonchev–Trinajstić information content (AvgIpc) is 2.91. The first-order valence-electron chi connectivity index (χ1n) is 12.7. The molecule has 0 saturated heterocycles. The van der Waals surface area contributed by atoms with Gasteiger partial charge in [0.1, 0.15) is 11.3 Å². The molecule has 3 rings (SSSR count). The number of primary amides is 1. The maximum atomic E-state index is 13.8. The molecule has 0 radical (unpaired) electrons. The topological polar surface area (TPSA) is 154 Å². The van der Waals surface area contributed by atoms with Crippen LogP contribution in [0.3, 0.4) is 0 Å². The molecule has 3 aromatic rings. The molecular formula is C29H36N4O5S. The fourth-order valence-electron chi connectivity index (χ4n) is 4.51. The van der Waals surface area contributed by atoms with E-state index in [4.69, 9.17) is 16.2 Å². The van der Waals surface area contributed by atoms with Gasteiger partial charge < -0.3 is 21.5 Å². The number of carbonyl (C=O) groups excluding carboxylic acids is 2. The number of ether oxygens (including phenoxy) is 1. The van der Waals surface area contributed by atoms with Gasteiger partial charge in [0.2, 0.25) is 21.8 Å². The normalized spacial score (nSPS) is 13.7. The van der Waals surface area contributed by atoms with Crippen molar-refractivity contribution in [1.82, 2.24) is 10.0 Å². The van der Waals surface area contributed by atoms with E-state index in [-0.39, 0.29) is 19.4 Å². The van der Waals surface area contributed by atoms with Crippen LogP contribution in [-0.2, 0) is 45.5 Å². The zero-order valence-electron chi connectivity index (χ0n) is 22.2. The predicted molar refractivity (Wildman–Crippen MR) is 151 cm³/mol. The minimum absolute atomic E-state index is 0.0707. The quantitative estimate of drug-likeness (QED) is 0.240. The zero-order chi connectivity index (χ0) is 28.5. The fraction of sp³-hybridized carbons (Fsp3) is 0.310. The molecule has 0 heterocycles. The van der Waals surface area contributed by atoms with E-state index in [0.29, 0.717) is 24.5 Å². The molecule has 0 fully saturated rings. The van der Waals surface area contributed by atoms with Gasteiger partial charge >= 0.3 is 0 Å².